The molecule has 1 aromatic rings. The average molecular weight is 310 g/mol. The smallest absolute Gasteiger partial charge is 0.239 e. The number of carbonyl (C=O) groups excluding carboxylic acids is 1. The number of benzene rings is 1. The van der Waals surface area contributed by atoms with Crippen molar-refractivity contribution in [1.82, 2.24) is 9.80 Å². The number of halogens is 1. The zero-order valence-electron chi connectivity index (χ0n) is 12.8. The molecular formula is C16H24ClN3O. The fourth-order valence-corrected chi connectivity index (χ4v) is 3.20. The third-order valence-electron chi connectivity index (χ3n) is 4.07. The molecule has 0 bridgehead atoms. The first kappa shape index (κ1) is 16.3. The third kappa shape index (κ3) is 3.96. The highest BCUT2D eigenvalue weighted by Gasteiger charge is 2.36. The van der Waals surface area contributed by atoms with Crippen LogP contribution in [0.5, 0.6) is 0 Å². The van der Waals surface area contributed by atoms with Crippen molar-refractivity contribution in [1.29, 1.82) is 0 Å². The van der Waals surface area contributed by atoms with Crippen LogP contribution >= 0.6 is 11.6 Å². The predicted octanol–water partition coefficient (Wildman–Crippen LogP) is 2.11. The Morgan fingerprint density at radius 1 is 1.43 bits per heavy atom. The Labute approximate surface area is 131 Å². The van der Waals surface area contributed by atoms with Crippen molar-refractivity contribution in [2.24, 2.45) is 5.73 Å². The Morgan fingerprint density at radius 2 is 2.14 bits per heavy atom. The lowest BCUT2D eigenvalue weighted by atomic mass is 10.1. The molecule has 116 valence electrons. The van der Waals surface area contributed by atoms with Gasteiger partial charge in [-0.2, -0.15) is 0 Å². The molecule has 1 aromatic carbocycles. The summed E-state index contributed by atoms with van der Waals surface area (Å²) in [6, 6.07) is 7.74. The van der Waals surface area contributed by atoms with E-state index in [9.17, 15) is 4.79 Å². The molecule has 4 nitrogen and oxygen atoms in total. The molecule has 21 heavy (non-hydrogen) atoms. The largest absolute Gasteiger partial charge is 0.342 e. The molecular weight excluding hydrogens is 286 g/mol. The van der Waals surface area contributed by atoms with Gasteiger partial charge in [-0.1, -0.05) is 23.7 Å². The van der Waals surface area contributed by atoms with Gasteiger partial charge >= 0.3 is 0 Å². The predicted molar refractivity (Wildman–Crippen MR) is 86.2 cm³/mol. The fraction of sp³-hybridized carbons (Fsp3) is 0.562. The second-order valence-corrected chi connectivity index (χ2v) is 6.02. The molecule has 1 heterocycles. The Balaban J connectivity index is 2.11. The van der Waals surface area contributed by atoms with Crippen molar-refractivity contribution >= 4 is 17.5 Å². The summed E-state index contributed by atoms with van der Waals surface area (Å²) in [6.07, 6.45) is 0.732. The number of likely N-dealkylation sites (N-methyl/N-ethyl adjacent to an activating group) is 1. The number of amides is 1. The number of rotatable bonds is 5. The van der Waals surface area contributed by atoms with Crippen molar-refractivity contribution < 1.29 is 4.79 Å². The highest BCUT2D eigenvalue weighted by molar-refractivity contribution is 6.30. The normalized spacial score (nSPS) is 22.5. The molecule has 2 rings (SSSR count). The summed E-state index contributed by atoms with van der Waals surface area (Å²) in [4.78, 5) is 16.7. The lowest BCUT2D eigenvalue weighted by Crippen LogP contribution is -2.45. The second-order valence-electron chi connectivity index (χ2n) is 5.58. The van der Waals surface area contributed by atoms with E-state index in [4.69, 9.17) is 17.3 Å². The van der Waals surface area contributed by atoms with Crippen LogP contribution in [0.1, 0.15) is 25.8 Å². The first-order chi connectivity index (χ1) is 10.0. The van der Waals surface area contributed by atoms with E-state index in [1.165, 1.54) is 0 Å². The Kier molecular flexibility index (Phi) is 5.62. The van der Waals surface area contributed by atoms with Gasteiger partial charge in [0.2, 0.25) is 5.91 Å². The van der Waals surface area contributed by atoms with Crippen LogP contribution < -0.4 is 5.73 Å². The van der Waals surface area contributed by atoms with Crippen LogP contribution in [0.2, 0.25) is 5.02 Å². The molecule has 1 aliphatic heterocycles. The summed E-state index contributed by atoms with van der Waals surface area (Å²) < 4.78 is 0. The Morgan fingerprint density at radius 3 is 2.76 bits per heavy atom. The van der Waals surface area contributed by atoms with Gasteiger partial charge in [0.1, 0.15) is 0 Å². The Hall–Kier alpha value is -1.10. The monoisotopic (exact) mass is 309 g/mol. The van der Waals surface area contributed by atoms with Crippen LogP contribution in [0.4, 0.5) is 0 Å². The van der Waals surface area contributed by atoms with Crippen molar-refractivity contribution in [3.05, 3.63) is 34.9 Å². The van der Waals surface area contributed by atoms with E-state index in [-0.39, 0.29) is 18.0 Å². The number of hydrogen-bond acceptors (Lipinski definition) is 3. The third-order valence-corrected chi connectivity index (χ3v) is 4.31. The van der Waals surface area contributed by atoms with Crippen LogP contribution in [0, 0.1) is 0 Å². The van der Waals surface area contributed by atoms with Crippen LogP contribution in [0.25, 0.3) is 0 Å². The lowest BCUT2D eigenvalue weighted by molar-refractivity contribution is -0.135. The fourth-order valence-electron chi connectivity index (χ4n) is 2.99. The van der Waals surface area contributed by atoms with Gasteiger partial charge in [-0.3, -0.25) is 9.69 Å². The molecule has 0 spiro atoms. The maximum absolute atomic E-state index is 12.6. The molecule has 0 aromatic heterocycles. The summed E-state index contributed by atoms with van der Waals surface area (Å²) in [5, 5.41) is 0.725. The van der Waals surface area contributed by atoms with E-state index in [1.807, 2.05) is 43.0 Å². The molecule has 2 atom stereocenters. The van der Waals surface area contributed by atoms with Gasteiger partial charge in [0.15, 0.2) is 0 Å². The van der Waals surface area contributed by atoms with Gasteiger partial charge in [-0.15, -0.1) is 0 Å². The minimum atomic E-state index is -0.112. The highest BCUT2D eigenvalue weighted by Crippen LogP contribution is 2.22. The van der Waals surface area contributed by atoms with Gasteiger partial charge in [-0.05, 0) is 38.0 Å². The zero-order chi connectivity index (χ0) is 15.4. The van der Waals surface area contributed by atoms with E-state index in [0.29, 0.717) is 6.54 Å². The summed E-state index contributed by atoms with van der Waals surface area (Å²) in [6.45, 7) is 6.98. The van der Waals surface area contributed by atoms with Crippen molar-refractivity contribution in [3.63, 3.8) is 0 Å². The minimum Gasteiger partial charge on any atom is -0.342 e. The number of likely N-dealkylation sites (tertiary alicyclic amines) is 1. The summed E-state index contributed by atoms with van der Waals surface area (Å²) in [7, 11) is 0. The molecule has 1 saturated heterocycles. The van der Waals surface area contributed by atoms with Gasteiger partial charge < -0.3 is 10.6 Å². The molecule has 0 saturated carbocycles. The SMILES string of the molecule is CCN(CC)C(=O)[C@@H]1C[C@H](N)CN1Cc1cccc(Cl)c1. The van der Waals surface area contributed by atoms with Crippen LogP contribution in [-0.2, 0) is 11.3 Å². The van der Waals surface area contributed by atoms with Crippen LogP contribution in [0.15, 0.2) is 24.3 Å². The van der Waals surface area contributed by atoms with E-state index < -0.39 is 0 Å². The first-order valence-corrected chi connectivity index (χ1v) is 7.95. The zero-order valence-corrected chi connectivity index (χ0v) is 13.5. The van der Waals surface area contributed by atoms with Crippen molar-refractivity contribution in [2.75, 3.05) is 19.6 Å². The van der Waals surface area contributed by atoms with Crippen LogP contribution in [0.3, 0.4) is 0 Å². The molecule has 0 radical (unpaired) electrons. The topological polar surface area (TPSA) is 49.6 Å². The molecule has 1 amide bonds. The van der Waals surface area contributed by atoms with Gasteiger partial charge in [0.25, 0.3) is 0 Å². The number of carbonyl (C=O) groups is 1. The molecule has 0 aliphatic carbocycles. The molecule has 5 heteroatoms. The highest BCUT2D eigenvalue weighted by atomic mass is 35.5. The molecule has 1 fully saturated rings. The second kappa shape index (κ2) is 7.25. The Bertz CT molecular complexity index is 490. The first-order valence-electron chi connectivity index (χ1n) is 7.58. The summed E-state index contributed by atoms with van der Waals surface area (Å²) >= 11 is 6.03. The average Bonchev–Trinajstić information content (AvgIpc) is 2.80. The number of hydrogen-bond donors (Lipinski definition) is 1. The quantitative estimate of drug-likeness (QED) is 0.906. The van der Waals surface area contributed by atoms with Gasteiger partial charge in [0, 0.05) is 37.2 Å². The molecule has 0 unspecified atom stereocenters. The minimum absolute atomic E-state index is 0.0636. The summed E-state index contributed by atoms with van der Waals surface area (Å²) in [5.41, 5.74) is 7.20. The number of nitrogens with two attached hydrogens (primary N) is 1. The van der Waals surface area contributed by atoms with Crippen molar-refractivity contribution in [3.8, 4) is 0 Å². The lowest BCUT2D eigenvalue weighted by Gasteiger charge is -2.28. The van der Waals surface area contributed by atoms with E-state index in [1.54, 1.807) is 0 Å². The maximum Gasteiger partial charge on any atom is 0.239 e. The molecule has 1 aliphatic rings. The standard InChI is InChI=1S/C16H24ClN3O/c1-3-19(4-2)16(21)15-9-14(18)11-20(15)10-12-6-5-7-13(17)8-12/h5-8,14-15H,3-4,9-11,18H2,1-2H3/t14-,15-/m0/s1. The van der Waals surface area contributed by atoms with Gasteiger partial charge in [0.05, 0.1) is 6.04 Å². The van der Waals surface area contributed by atoms with E-state index >= 15 is 0 Å². The van der Waals surface area contributed by atoms with E-state index in [2.05, 4.69) is 4.90 Å². The van der Waals surface area contributed by atoms with Crippen molar-refractivity contribution in [2.45, 2.75) is 38.9 Å². The van der Waals surface area contributed by atoms with Gasteiger partial charge in [-0.25, -0.2) is 0 Å². The summed E-state index contributed by atoms with van der Waals surface area (Å²) in [5.74, 6) is 0.190. The van der Waals surface area contributed by atoms with E-state index in [0.717, 1.165) is 36.6 Å². The maximum atomic E-state index is 12.6. The number of nitrogens with zero attached hydrogens (tertiary/aromatic N) is 2. The van der Waals surface area contributed by atoms with Crippen LogP contribution in [-0.4, -0.2) is 47.4 Å². The molecule has 2 N–H and O–H groups in total.